The van der Waals surface area contributed by atoms with E-state index in [9.17, 15) is 4.79 Å². The summed E-state index contributed by atoms with van der Waals surface area (Å²) in [6, 6.07) is 10.1. The van der Waals surface area contributed by atoms with Gasteiger partial charge in [-0.05, 0) is 25.0 Å². The molecule has 0 spiro atoms. The van der Waals surface area contributed by atoms with Gasteiger partial charge < -0.3 is 4.74 Å². The summed E-state index contributed by atoms with van der Waals surface area (Å²) in [4.78, 5) is 13.3. The molecule has 0 aliphatic rings. The average Bonchev–Trinajstić information content (AvgIpc) is 2.46. The van der Waals surface area contributed by atoms with Crippen LogP contribution in [0.3, 0.4) is 0 Å². The van der Waals surface area contributed by atoms with Crippen molar-refractivity contribution in [1.82, 2.24) is 0 Å². The van der Waals surface area contributed by atoms with Gasteiger partial charge in [-0.25, -0.2) is 0 Å². The van der Waals surface area contributed by atoms with Crippen LogP contribution in [-0.2, 0) is 9.53 Å². The lowest BCUT2D eigenvalue weighted by atomic mass is 10.1. The molecule has 0 aliphatic heterocycles. The number of carbonyl (C=O) groups excluding carboxylic acids is 1. The molecule has 0 bridgehead atoms. The molecule has 2 nitrogen and oxygen atoms in total. The van der Waals surface area contributed by atoms with Gasteiger partial charge in [-0.1, -0.05) is 69.1 Å². The second-order valence-electron chi connectivity index (χ2n) is 5.18. The topological polar surface area (TPSA) is 26.3 Å². The highest BCUT2D eigenvalue weighted by molar-refractivity contribution is 8.03. The molecular formula is C18H26O2S. The molecule has 0 fully saturated rings. The molecule has 1 aromatic carbocycles. The summed E-state index contributed by atoms with van der Waals surface area (Å²) in [6.07, 6.45) is 6.71. The van der Waals surface area contributed by atoms with Crippen LogP contribution in [0.5, 0.6) is 0 Å². The number of thioether (sulfide) groups is 1. The van der Waals surface area contributed by atoms with Gasteiger partial charge in [-0.2, -0.15) is 0 Å². The third kappa shape index (κ3) is 7.96. The number of hydrogen-bond acceptors (Lipinski definition) is 3. The van der Waals surface area contributed by atoms with Crippen LogP contribution in [0.25, 0.3) is 0 Å². The third-order valence-electron chi connectivity index (χ3n) is 3.23. The van der Waals surface area contributed by atoms with Crippen molar-refractivity contribution in [3.8, 4) is 0 Å². The van der Waals surface area contributed by atoms with Crippen LogP contribution in [0, 0.1) is 0 Å². The third-order valence-corrected chi connectivity index (χ3v) is 4.26. The number of rotatable bonds is 10. The van der Waals surface area contributed by atoms with E-state index in [0.29, 0.717) is 0 Å². The minimum absolute atomic E-state index is 0.186. The zero-order valence-electron chi connectivity index (χ0n) is 13.1. The Kier molecular flexibility index (Phi) is 8.91. The SMILES string of the molecule is C=C(Sc1ccccc1)C(CCCCCCC)OC(C)=O. The van der Waals surface area contributed by atoms with Crippen molar-refractivity contribution < 1.29 is 9.53 Å². The Morgan fingerprint density at radius 3 is 2.48 bits per heavy atom. The first-order valence-electron chi connectivity index (χ1n) is 7.72. The molecule has 0 saturated carbocycles. The number of unbranched alkanes of at least 4 members (excludes halogenated alkanes) is 4. The van der Waals surface area contributed by atoms with E-state index in [-0.39, 0.29) is 12.1 Å². The summed E-state index contributed by atoms with van der Waals surface area (Å²) in [7, 11) is 0. The van der Waals surface area contributed by atoms with Crippen molar-refractivity contribution in [3.05, 3.63) is 41.8 Å². The van der Waals surface area contributed by atoms with Crippen molar-refractivity contribution in [2.24, 2.45) is 0 Å². The number of benzene rings is 1. The van der Waals surface area contributed by atoms with Crippen LogP contribution in [0.1, 0.15) is 52.4 Å². The van der Waals surface area contributed by atoms with E-state index in [0.717, 1.165) is 22.6 Å². The molecule has 0 N–H and O–H groups in total. The fourth-order valence-corrected chi connectivity index (χ4v) is 3.02. The smallest absolute Gasteiger partial charge is 0.303 e. The first-order chi connectivity index (χ1) is 10.1. The molecule has 1 rings (SSSR count). The van der Waals surface area contributed by atoms with E-state index in [2.05, 4.69) is 13.5 Å². The Labute approximate surface area is 133 Å². The summed E-state index contributed by atoms with van der Waals surface area (Å²) >= 11 is 1.59. The number of ether oxygens (including phenoxy) is 1. The summed E-state index contributed by atoms with van der Waals surface area (Å²) in [5, 5.41) is 0. The van der Waals surface area contributed by atoms with Crippen LogP contribution in [-0.4, -0.2) is 12.1 Å². The van der Waals surface area contributed by atoms with Gasteiger partial charge in [-0.3, -0.25) is 4.79 Å². The van der Waals surface area contributed by atoms with Crippen LogP contribution in [0.15, 0.2) is 46.7 Å². The maximum Gasteiger partial charge on any atom is 0.303 e. The van der Waals surface area contributed by atoms with Gasteiger partial charge in [0.25, 0.3) is 0 Å². The average molecular weight is 306 g/mol. The van der Waals surface area contributed by atoms with Crippen molar-refractivity contribution >= 4 is 17.7 Å². The highest BCUT2D eigenvalue weighted by atomic mass is 32.2. The normalized spacial score (nSPS) is 11.9. The maximum absolute atomic E-state index is 11.3. The molecule has 1 atom stereocenters. The highest BCUT2D eigenvalue weighted by Gasteiger charge is 2.16. The Morgan fingerprint density at radius 2 is 1.86 bits per heavy atom. The lowest BCUT2D eigenvalue weighted by molar-refractivity contribution is -0.144. The zero-order chi connectivity index (χ0) is 15.5. The Bertz CT molecular complexity index is 428. The van der Waals surface area contributed by atoms with E-state index in [1.165, 1.54) is 32.6 Å². The van der Waals surface area contributed by atoms with Gasteiger partial charge in [0, 0.05) is 16.7 Å². The van der Waals surface area contributed by atoms with Gasteiger partial charge >= 0.3 is 5.97 Å². The summed E-state index contributed by atoms with van der Waals surface area (Å²) in [5.74, 6) is -0.233. The molecule has 21 heavy (non-hydrogen) atoms. The van der Waals surface area contributed by atoms with E-state index in [1.54, 1.807) is 11.8 Å². The van der Waals surface area contributed by atoms with Gasteiger partial charge in [-0.15, -0.1) is 0 Å². The maximum atomic E-state index is 11.3. The summed E-state index contributed by atoms with van der Waals surface area (Å²) in [6.45, 7) is 7.78. The molecule has 3 heteroatoms. The largest absolute Gasteiger partial charge is 0.457 e. The van der Waals surface area contributed by atoms with Crippen molar-refractivity contribution in [2.45, 2.75) is 63.4 Å². The Balaban J connectivity index is 2.47. The minimum Gasteiger partial charge on any atom is -0.457 e. The Hall–Kier alpha value is -1.22. The minimum atomic E-state index is -0.233. The molecule has 0 aromatic heterocycles. The van der Waals surface area contributed by atoms with Gasteiger partial charge in [0.1, 0.15) is 6.10 Å². The van der Waals surface area contributed by atoms with E-state index < -0.39 is 0 Å². The lowest BCUT2D eigenvalue weighted by Gasteiger charge is -2.19. The quantitative estimate of drug-likeness (QED) is 0.320. The van der Waals surface area contributed by atoms with Crippen LogP contribution in [0.2, 0.25) is 0 Å². The fraction of sp³-hybridized carbons (Fsp3) is 0.500. The van der Waals surface area contributed by atoms with Crippen molar-refractivity contribution in [2.75, 3.05) is 0 Å². The molecule has 1 unspecified atom stereocenters. The van der Waals surface area contributed by atoms with Crippen molar-refractivity contribution in [3.63, 3.8) is 0 Å². The first kappa shape index (κ1) is 17.8. The predicted octanol–water partition coefficient (Wildman–Crippen LogP) is 5.58. The van der Waals surface area contributed by atoms with E-state index in [1.807, 2.05) is 30.3 Å². The van der Waals surface area contributed by atoms with Gasteiger partial charge in [0.15, 0.2) is 0 Å². The molecule has 0 heterocycles. The lowest BCUT2D eigenvalue weighted by Crippen LogP contribution is -2.17. The second kappa shape index (κ2) is 10.5. The predicted molar refractivity (Wildman–Crippen MR) is 90.4 cm³/mol. The Morgan fingerprint density at radius 1 is 1.19 bits per heavy atom. The number of hydrogen-bond donors (Lipinski definition) is 0. The molecule has 1 aromatic rings. The number of esters is 1. The molecule has 0 amide bonds. The fourth-order valence-electron chi connectivity index (χ4n) is 2.12. The van der Waals surface area contributed by atoms with Crippen LogP contribution < -0.4 is 0 Å². The summed E-state index contributed by atoms with van der Waals surface area (Å²) in [5.41, 5.74) is 0. The molecule has 116 valence electrons. The number of carbonyl (C=O) groups is 1. The monoisotopic (exact) mass is 306 g/mol. The zero-order valence-corrected chi connectivity index (χ0v) is 14.0. The van der Waals surface area contributed by atoms with Crippen LogP contribution >= 0.6 is 11.8 Å². The molecular weight excluding hydrogens is 280 g/mol. The van der Waals surface area contributed by atoms with Gasteiger partial charge in [0.2, 0.25) is 0 Å². The molecule has 0 radical (unpaired) electrons. The standard InChI is InChI=1S/C18H26O2S/c1-4-5-6-7-11-14-18(20-16(3)19)15(2)21-17-12-9-8-10-13-17/h8-10,12-13,18H,2,4-7,11,14H2,1,3H3. The van der Waals surface area contributed by atoms with Crippen LogP contribution in [0.4, 0.5) is 0 Å². The van der Waals surface area contributed by atoms with Crippen molar-refractivity contribution in [1.29, 1.82) is 0 Å². The summed E-state index contributed by atoms with van der Waals surface area (Å²) < 4.78 is 5.43. The molecule has 0 saturated heterocycles. The van der Waals surface area contributed by atoms with Gasteiger partial charge in [0.05, 0.1) is 0 Å². The van der Waals surface area contributed by atoms with E-state index in [4.69, 9.17) is 4.74 Å². The van der Waals surface area contributed by atoms with E-state index >= 15 is 0 Å². The highest BCUT2D eigenvalue weighted by Crippen LogP contribution is 2.30. The first-order valence-corrected chi connectivity index (χ1v) is 8.54. The molecule has 0 aliphatic carbocycles. The second-order valence-corrected chi connectivity index (χ2v) is 6.38.